The number of nitrogens with one attached hydrogen (secondary N) is 1. The molecule has 1 saturated carbocycles. The number of nitrogens with zero attached hydrogens (tertiary/aromatic N) is 1. The van der Waals surface area contributed by atoms with Gasteiger partial charge < -0.3 is 0 Å². The van der Waals surface area contributed by atoms with Crippen LogP contribution in [0.5, 0.6) is 0 Å². The Hall–Kier alpha value is -1.90. The number of fused-ring (bicyclic) bond motifs is 1. The van der Waals surface area contributed by atoms with Crippen molar-refractivity contribution in [3.8, 4) is 0 Å². The van der Waals surface area contributed by atoms with E-state index in [0.717, 1.165) is 25.0 Å². The second-order valence-electron chi connectivity index (χ2n) is 5.23. The second-order valence-corrected chi connectivity index (χ2v) is 5.23. The van der Waals surface area contributed by atoms with Gasteiger partial charge in [0.15, 0.2) is 0 Å². The molecule has 0 unspecified atom stereocenters. The first-order valence-electron chi connectivity index (χ1n) is 6.90. The number of allylic oxidation sites excluding steroid dienone is 2. The molecule has 2 atom stereocenters. The normalized spacial score (nSPS) is 26.1. The van der Waals surface area contributed by atoms with E-state index in [9.17, 15) is 4.79 Å². The smallest absolute Gasteiger partial charge is 0.267 e. The summed E-state index contributed by atoms with van der Waals surface area (Å²) in [6.07, 6.45) is 7.53. The Morgan fingerprint density at radius 1 is 1.37 bits per heavy atom. The summed E-state index contributed by atoms with van der Waals surface area (Å²) >= 11 is 0. The molecule has 1 amide bonds. The van der Waals surface area contributed by atoms with Crippen molar-refractivity contribution in [3.05, 3.63) is 47.5 Å². The lowest BCUT2D eigenvalue weighted by Gasteiger charge is -2.31. The van der Waals surface area contributed by atoms with E-state index in [0.29, 0.717) is 17.4 Å². The van der Waals surface area contributed by atoms with Gasteiger partial charge in [0.25, 0.3) is 5.91 Å². The fraction of sp³-hybridized carbons (Fsp3) is 0.375. The molecular formula is C16H18N2O. The van der Waals surface area contributed by atoms with Crippen LogP contribution < -0.4 is 5.43 Å². The predicted molar refractivity (Wildman–Crippen MR) is 76.1 cm³/mol. The van der Waals surface area contributed by atoms with Crippen LogP contribution in [0.15, 0.2) is 41.5 Å². The van der Waals surface area contributed by atoms with E-state index in [2.05, 4.69) is 29.6 Å². The Balaban J connectivity index is 1.60. The molecule has 1 fully saturated rings. The monoisotopic (exact) mass is 254 g/mol. The second kappa shape index (κ2) is 5.00. The van der Waals surface area contributed by atoms with Crippen LogP contribution in [0.4, 0.5) is 0 Å². The lowest BCUT2D eigenvalue weighted by atomic mass is 9.74. The van der Waals surface area contributed by atoms with Crippen molar-refractivity contribution in [1.82, 2.24) is 5.43 Å². The van der Waals surface area contributed by atoms with E-state index >= 15 is 0 Å². The van der Waals surface area contributed by atoms with Crippen LogP contribution in [0.1, 0.15) is 35.7 Å². The first-order valence-corrected chi connectivity index (χ1v) is 6.90. The molecule has 3 heteroatoms. The number of rotatable bonds is 3. The van der Waals surface area contributed by atoms with Crippen LogP contribution in [-0.4, -0.2) is 11.6 Å². The highest BCUT2D eigenvalue weighted by Crippen LogP contribution is 2.40. The van der Waals surface area contributed by atoms with Crippen LogP contribution >= 0.6 is 0 Å². The van der Waals surface area contributed by atoms with Crippen molar-refractivity contribution in [2.75, 3.05) is 0 Å². The van der Waals surface area contributed by atoms with Crippen molar-refractivity contribution in [3.63, 3.8) is 0 Å². The van der Waals surface area contributed by atoms with Gasteiger partial charge in [-0.05, 0) is 42.9 Å². The van der Waals surface area contributed by atoms with Crippen LogP contribution in [0.3, 0.4) is 0 Å². The molecule has 2 aliphatic rings. The third kappa shape index (κ3) is 2.33. The molecule has 2 aliphatic carbocycles. The Morgan fingerprint density at radius 3 is 2.84 bits per heavy atom. The van der Waals surface area contributed by atoms with E-state index < -0.39 is 0 Å². The quantitative estimate of drug-likeness (QED) is 0.654. The van der Waals surface area contributed by atoms with Crippen molar-refractivity contribution in [2.24, 2.45) is 16.9 Å². The number of hydrogen-bond donors (Lipinski definition) is 1. The summed E-state index contributed by atoms with van der Waals surface area (Å²) in [4.78, 5) is 11.9. The van der Waals surface area contributed by atoms with Gasteiger partial charge in [-0.15, -0.1) is 0 Å². The van der Waals surface area contributed by atoms with Crippen molar-refractivity contribution >= 4 is 11.6 Å². The molecule has 0 saturated heterocycles. The minimum Gasteiger partial charge on any atom is -0.267 e. The molecule has 0 heterocycles. The third-order valence-electron chi connectivity index (χ3n) is 4.09. The lowest BCUT2D eigenvalue weighted by molar-refractivity contribution is 0.0954. The third-order valence-corrected chi connectivity index (χ3v) is 4.09. The fourth-order valence-corrected chi connectivity index (χ4v) is 2.74. The van der Waals surface area contributed by atoms with Gasteiger partial charge >= 0.3 is 0 Å². The summed E-state index contributed by atoms with van der Waals surface area (Å²) in [5.74, 6) is 1.09. The SMILES string of the molecule is CCc1ccc(C(=O)N/N=C2/C[C@@H]3C=CC[C@H]23)cc1. The summed E-state index contributed by atoms with van der Waals surface area (Å²) < 4.78 is 0. The number of carbonyl (C=O) groups is 1. The maximum Gasteiger partial charge on any atom is 0.271 e. The van der Waals surface area contributed by atoms with Crippen LogP contribution in [0.2, 0.25) is 0 Å². The van der Waals surface area contributed by atoms with Crippen molar-refractivity contribution < 1.29 is 4.79 Å². The lowest BCUT2D eigenvalue weighted by Crippen LogP contribution is -2.35. The van der Waals surface area contributed by atoms with E-state index in [4.69, 9.17) is 0 Å². The molecular weight excluding hydrogens is 236 g/mol. The minimum atomic E-state index is -0.121. The Morgan fingerprint density at radius 2 is 2.16 bits per heavy atom. The summed E-state index contributed by atoms with van der Waals surface area (Å²) in [6, 6.07) is 7.69. The molecule has 3 rings (SSSR count). The molecule has 0 bridgehead atoms. The van der Waals surface area contributed by atoms with E-state index in [-0.39, 0.29) is 5.91 Å². The van der Waals surface area contributed by atoms with Gasteiger partial charge in [-0.3, -0.25) is 4.79 Å². The molecule has 1 N–H and O–H groups in total. The number of hydrogen-bond acceptors (Lipinski definition) is 2. The Kier molecular flexibility index (Phi) is 3.20. The number of benzene rings is 1. The predicted octanol–water partition coefficient (Wildman–Crippen LogP) is 2.93. The highest BCUT2D eigenvalue weighted by Gasteiger charge is 2.37. The van der Waals surface area contributed by atoms with Crippen molar-refractivity contribution in [2.45, 2.75) is 26.2 Å². The molecule has 0 radical (unpaired) electrons. The molecule has 1 aromatic carbocycles. The first kappa shape index (κ1) is 12.2. The number of amides is 1. The van der Waals surface area contributed by atoms with Crippen LogP contribution in [0, 0.1) is 11.8 Å². The van der Waals surface area contributed by atoms with Crippen LogP contribution in [-0.2, 0) is 6.42 Å². The Labute approximate surface area is 113 Å². The molecule has 19 heavy (non-hydrogen) atoms. The van der Waals surface area contributed by atoms with Crippen LogP contribution in [0.25, 0.3) is 0 Å². The number of aryl methyl sites for hydroxylation is 1. The fourth-order valence-electron chi connectivity index (χ4n) is 2.74. The van der Waals surface area contributed by atoms with Gasteiger partial charge in [0, 0.05) is 17.2 Å². The first-order chi connectivity index (χ1) is 9.28. The highest BCUT2D eigenvalue weighted by atomic mass is 16.2. The zero-order chi connectivity index (χ0) is 13.2. The van der Waals surface area contributed by atoms with Gasteiger partial charge in [0.1, 0.15) is 0 Å². The summed E-state index contributed by atoms with van der Waals surface area (Å²) in [6.45, 7) is 2.10. The maximum atomic E-state index is 11.9. The highest BCUT2D eigenvalue weighted by molar-refractivity contribution is 5.98. The molecule has 0 spiro atoms. The average Bonchev–Trinajstić information content (AvgIpc) is 2.80. The molecule has 1 aromatic rings. The van der Waals surface area contributed by atoms with Gasteiger partial charge in [0.2, 0.25) is 0 Å². The maximum absolute atomic E-state index is 11.9. The molecule has 0 aromatic heterocycles. The summed E-state index contributed by atoms with van der Waals surface area (Å²) in [5.41, 5.74) is 5.71. The summed E-state index contributed by atoms with van der Waals surface area (Å²) in [5, 5.41) is 4.27. The zero-order valence-corrected chi connectivity index (χ0v) is 11.1. The molecule has 3 nitrogen and oxygen atoms in total. The largest absolute Gasteiger partial charge is 0.271 e. The molecule has 98 valence electrons. The van der Waals surface area contributed by atoms with Gasteiger partial charge in [-0.25, -0.2) is 5.43 Å². The average molecular weight is 254 g/mol. The van der Waals surface area contributed by atoms with E-state index in [1.54, 1.807) is 0 Å². The van der Waals surface area contributed by atoms with Gasteiger partial charge in [-0.1, -0.05) is 31.2 Å². The standard InChI is InChI=1S/C16H18N2O/c1-2-11-6-8-12(9-7-11)16(19)18-17-15-10-13-4-3-5-14(13)15/h3-4,6-9,13-14H,2,5,10H2,1H3,(H,18,19)/b17-15-/t13-,14-/m0/s1. The molecule has 0 aliphatic heterocycles. The van der Waals surface area contributed by atoms with E-state index in [1.165, 1.54) is 5.56 Å². The number of carbonyl (C=O) groups excluding carboxylic acids is 1. The van der Waals surface area contributed by atoms with Crippen molar-refractivity contribution in [1.29, 1.82) is 0 Å². The van der Waals surface area contributed by atoms with Gasteiger partial charge in [0.05, 0.1) is 0 Å². The van der Waals surface area contributed by atoms with Gasteiger partial charge in [-0.2, -0.15) is 5.10 Å². The number of hydrazone groups is 1. The zero-order valence-electron chi connectivity index (χ0n) is 11.1. The summed E-state index contributed by atoms with van der Waals surface area (Å²) in [7, 11) is 0. The topological polar surface area (TPSA) is 41.5 Å². The Bertz CT molecular complexity index is 542. The minimum absolute atomic E-state index is 0.121. The van der Waals surface area contributed by atoms with E-state index in [1.807, 2.05) is 24.3 Å².